The fourth-order valence-corrected chi connectivity index (χ4v) is 3.96. The summed E-state index contributed by atoms with van der Waals surface area (Å²) < 4.78 is 27.2. The Morgan fingerprint density at radius 3 is 2.08 bits per heavy atom. The number of carbonyl (C=O) groups is 1. The van der Waals surface area contributed by atoms with Crippen LogP contribution in [0, 0.1) is 34.6 Å². The molecule has 0 aromatic heterocycles. The predicted octanol–water partition coefficient (Wildman–Crippen LogP) is 3.54. The minimum Gasteiger partial charge on any atom is -0.326 e. The van der Waals surface area contributed by atoms with E-state index in [0.29, 0.717) is 0 Å². The van der Waals surface area contributed by atoms with Gasteiger partial charge in [-0.3, -0.25) is 4.79 Å². The third kappa shape index (κ3) is 4.93. The van der Waals surface area contributed by atoms with Crippen LogP contribution in [-0.4, -0.2) is 20.9 Å². The van der Waals surface area contributed by atoms with Crippen molar-refractivity contribution in [3.8, 4) is 0 Å². The average molecular weight is 375 g/mol. The van der Waals surface area contributed by atoms with Gasteiger partial charge in [0.1, 0.15) is 0 Å². The molecular formula is C20H26N2O3S. The van der Waals surface area contributed by atoms with Crippen molar-refractivity contribution in [2.75, 3.05) is 11.9 Å². The first-order valence-corrected chi connectivity index (χ1v) is 10.0. The SMILES string of the molecule is Cc1cc(C)c(NC(=O)CCNS(=O)(=O)c2ccc(C)c(C)c2)c(C)c1. The molecule has 0 heterocycles. The lowest BCUT2D eigenvalue weighted by Gasteiger charge is -2.13. The molecular weight excluding hydrogens is 348 g/mol. The highest BCUT2D eigenvalue weighted by atomic mass is 32.2. The summed E-state index contributed by atoms with van der Waals surface area (Å²) in [6.07, 6.45) is 0.0663. The van der Waals surface area contributed by atoms with E-state index in [1.165, 1.54) is 0 Å². The van der Waals surface area contributed by atoms with Crippen molar-refractivity contribution < 1.29 is 13.2 Å². The van der Waals surface area contributed by atoms with Crippen LogP contribution >= 0.6 is 0 Å². The van der Waals surface area contributed by atoms with Gasteiger partial charge >= 0.3 is 0 Å². The number of carbonyl (C=O) groups excluding carboxylic acids is 1. The van der Waals surface area contributed by atoms with Crippen LogP contribution in [0.5, 0.6) is 0 Å². The Hall–Kier alpha value is -2.18. The second kappa shape index (κ2) is 8.01. The third-order valence-electron chi connectivity index (χ3n) is 4.37. The van der Waals surface area contributed by atoms with Crippen LogP contribution in [0.15, 0.2) is 35.2 Å². The first-order valence-electron chi connectivity index (χ1n) is 8.55. The van der Waals surface area contributed by atoms with Crippen molar-refractivity contribution >= 4 is 21.6 Å². The number of amides is 1. The summed E-state index contributed by atoms with van der Waals surface area (Å²) in [5, 5.41) is 2.87. The maximum Gasteiger partial charge on any atom is 0.240 e. The van der Waals surface area contributed by atoms with E-state index in [9.17, 15) is 13.2 Å². The standard InChI is InChI=1S/C20H26N2O3S/c1-13-10-16(4)20(17(5)11-13)22-19(23)8-9-21-26(24,25)18-7-6-14(2)15(3)12-18/h6-7,10-12,21H,8-9H2,1-5H3,(H,22,23). The second-order valence-electron chi connectivity index (χ2n) is 6.72. The monoisotopic (exact) mass is 374 g/mol. The molecule has 0 bridgehead atoms. The number of hydrogen-bond acceptors (Lipinski definition) is 3. The summed E-state index contributed by atoms with van der Waals surface area (Å²) in [5.41, 5.74) is 5.86. The zero-order valence-electron chi connectivity index (χ0n) is 15.9. The molecule has 2 rings (SSSR count). The lowest BCUT2D eigenvalue weighted by atomic mass is 10.1. The Kier molecular flexibility index (Phi) is 6.21. The normalized spacial score (nSPS) is 11.4. The van der Waals surface area contributed by atoms with Crippen molar-refractivity contribution in [2.45, 2.75) is 45.9 Å². The van der Waals surface area contributed by atoms with Gasteiger partial charge < -0.3 is 5.32 Å². The van der Waals surface area contributed by atoms with Crippen LogP contribution in [0.1, 0.15) is 34.2 Å². The zero-order chi connectivity index (χ0) is 19.5. The van der Waals surface area contributed by atoms with Gasteiger partial charge in [0.2, 0.25) is 15.9 Å². The highest BCUT2D eigenvalue weighted by Gasteiger charge is 2.15. The molecule has 2 aromatic rings. The van der Waals surface area contributed by atoms with Gasteiger partial charge in [-0.2, -0.15) is 0 Å². The van der Waals surface area contributed by atoms with Gasteiger partial charge in [0.05, 0.1) is 4.90 Å². The number of benzene rings is 2. The first kappa shape index (κ1) is 20.1. The fraction of sp³-hybridized carbons (Fsp3) is 0.350. The number of anilines is 1. The molecule has 0 fully saturated rings. The summed E-state index contributed by atoms with van der Waals surface area (Å²) in [4.78, 5) is 12.4. The van der Waals surface area contributed by atoms with E-state index < -0.39 is 10.0 Å². The van der Waals surface area contributed by atoms with Crippen molar-refractivity contribution in [3.05, 3.63) is 58.1 Å². The van der Waals surface area contributed by atoms with E-state index in [-0.39, 0.29) is 23.8 Å². The molecule has 0 aliphatic rings. The molecule has 0 spiro atoms. The number of nitrogens with one attached hydrogen (secondary N) is 2. The van der Waals surface area contributed by atoms with Crippen molar-refractivity contribution in [1.82, 2.24) is 4.72 Å². The highest BCUT2D eigenvalue weighted by Crippen LogP contribution is 2.22. The van der Waals surface area contributed by atoms with Gasteiger partial charge in [-0.15, -0.1) is 0 Å². The van der Waals surface area contributed by atoms with Crippen LogP contribution in [-0.2, 0) is 14.8 Å². The average Bonchev–Trinajstić information content (AvgIpc) is 2.53. The Bertz CT molecular complexity index is 911. The van der Waals surface area contributed by atoms with E-state index in [1.807, 2.05) is 46.8 Å². The third-order valence-corrected chi connectivity index (χ3v) is 5.83. The topological polar surface area (TPSA) is 75.3 Å². The maximum absolute atomic E-state index is 12.3. The summed E-state index contributed by atoms with van der Waals surface area (Å²) in [5.74, 6) is -0.220. The number of aryl methyl sites for hydroxylation is 5. The van der Waals surface area contributed by atoms with Crippen LogP contribution < -0.4 is 10.0 Å². The Morgan fingerprint density at radius 2 is 1.50 bits per heavy atom. The molecule has 6 heteroatoms. The van der Waals surface area contributed by atoms with Gasteiger partial charge in [0.15, 0.2) is 0 Å². The van der Waals surface area contributed by atoms with E-state index >= 15 is 0 Å². The highest BCUT2D eigenvalue weighted by molar-refractivity contribution is 7.89. The lowest BCUT2D eigenvalue weighted by Crippen LogP contribution is -2.28. The van der Waals surface area contributed by atoms with Crippen molar-refractivity contribution in [3.63, 3.8) is 0 Å². The molecule has 0 radical (unpaired) electrons. The smallest absolute Gasteiger partial charge is 0.240 e. The van der Waals surface area contributed by atoms with Gasteiger partial charge in [-0.25, -0.2) is 13.1 Å². The molecule has 1 amide bonds. The van der Waals surface area contributed by atoms with Crippen molar-refractivity contribution in [1.29, 1.82) is 0 Å². The molecule has 0 aliphatic heterocycles. The van der Waals surface area contributed by atoms with Crippen LogP contribution in [0.2, 0.25) is 0 Å². The predicted molar refractivity (Wildman–Crippen MR) is 105 cm³/mol. The summed E-state index contributed by atoms with van der Waals surface area (Å²) >= 11 is 0. The van der Waals surface area contributed by atoms with Crippen LogP contribution in [0.25, 0.3) is 0 Å². The molecule has 2 N–H and O–H groups in total. The van der Waals surface area contributed by atoms with Crippen LogP contribution in [0.3, 0.4) is 0 Å². The molecule has 0 unspecified atom stereocenters. The second-order valence-corrected chi connectivity index (χ2v) is 8.48. The minimum atomic E-state index is -3.62. The molecule has 2 aromatic carbocycles. The maximum atomic E-state index is 12.3. The molecule has 140 valence electrons. The molecule has 0 saturated carbocycles. The molecule has 5 nitrogen and oxygen atoms in total. The van der Waals surface area contributed by atoms with Gasteiger partial charge in [-0.1, -0.05) is 23.8 Å². The Balaban J connectivity index is 1.97. The quantitative estimate of drug-likeness (QED) is 0.812. The van der Waals surface area contributed by atoms with Gasteiger partial charge in [-0.05, 0) is 69.0 Å². The molecule has 0 atom stereocenters. The fourth-order valence-electron chi connectivity index (χ4n) is 2.84. The van der Waals surface area contributed by atoms with Gasteiger partial charge in [0.25, 0.3) is 0 Å². The summed E-state index contributed by atoms with van der Waals surface area (Å²) in [6, 6.07) is 9.00. The van der Waals surface area contributed by atoms with E-state index in [4.69, 9.17) is 0 Å². The molecule has 0 saturated heterocycles. The van der Waals surface area contributed by atoms with Crippen LogP contribution in [0.4, 0.5) is 5.69 Å². The number of sulfonamides is 1. The molecule has 26 heavy (non-hydrogen) atoms. The summed E-state index contributed by atoms with van der Waals surface area (Å²) in [6.45, 7) is 9.74. The van der Waals surface area contributed by atoms with E-state index in [0.717, 1.165) is 33.5 Å². The zero-order valence-corrected chi connectivity index (χ0v) is 16.8. The number of hydrogen-bond donors (Lipinski definition) is 2. The Labute approximate surface area is 155 Å². The van der Waals surface area contributed by atoms with Crippen molar-refractivity contribution in [2.24, 2.45) is 0 Å². The summed E-state index contributed by atoms with van der Waals surface area (Å²) in [7, 11) is -3.62. The largest absolute Gasteiger partial charge is 0.326 e. The number of rotatable bonds is 6. The van der Waals surface area contributed by atoms with E-state index in [1.54, 1.807) is 18.2 Å². The Morgan fingerprint density at radius 1 is 0.885 bits per heavy atom. The minimum absolute atomic E-state index is 0.0467. The first-order chi connectivity index (χ1) is 12.1. The van der Waals surface area contributed by atoms with Gasteiger partial charge in [0, 0.05) is 18.7 Å². The van der Waals surface area contributed by atoms with E-state index in [2.05, 4.69) is 10.0 Å². The molecule has 0 aliphatic carbocycles. The lowest BCUT2D eigenvalue weighted by molar-refractivity contribution is -0.116.